The lowest BCUT2D eigenvalue weighted by Gasteiger charge is -2.20. The van der Waals surface area contributed by atoms with E-state index < -0.39 is 11.8 Å². The van der Waals surface area contributed by atoms with E-state index in [1.807, 2.05) is 38.3 Å². The van der Waals surface area contributed by atoms with Crippen molar-refractivity contribution in [1.82, 2.24) is 4.90 Å². The van der Waals surface area contributed by atoms with Crippen molar-refractivity contribution < 1.29 is 9.59 Å². The standard InChI is InChI=1S/C15H22N2O2S/c1-4-9-17(10-5-2)15(19)14(18)16-12-7-6-8-13(11-12)20-3/h6-8,11H,4-5,9-10H2,1-3H3,(H,16,18). The van der Waals surface area contributed by atoms with Gasteiger partial charge in [0, 0.05) is 23.7 Å². The topological polar surface area (TPSA) is 49.4 Å². The molecule has 5 heteroatoms. The van der Waals surface area contributed by atoms with Gasteiger partial charge < -0.3 is 10.2 Å². The lowest BCUT2D eigenvalue weighted by atomic mass is 10.3. The first-order valence-corrected chi connectivity index (χ1v) is 8.09. The highest BCUT2D eigenvalue weighted by molar-refractivity contribution is 7.98. The zero-order valence-corrected chi connectivity index (χ0v) is 13.1. The summed E-state index contributed by atoms with van der Waals surface area (Å²) in [7, 11) is 0. The first kappa shape index (κ1) is 16.6. The molecule has 0 saturated heterocycles. The number of thioether (sulfide) groups is 1. The molecule has 0 saturated carbocycles. The maximum absolute atomic E-state index is 12.1. The number of hydrogen-bond acceptors (Lipinski definition) is 3. The van der Waals surface area contributed by atoms with E-state index in [4.69, 9.17) is 0 Å². The van der Waals surface area contributed by atoms with Crippen molar-refractivity contribution in [1.29, 1.82) is 0 Å². The van der Waals surface area contributed by atoms with E-state index in [1.165, 1.54) is 0 Å². The van der Waals surface area contributed by atoms with Crippen LogP contribution in [0.5, 0.6) is 0 Å². The van der Waals surface area contributed by atoms with Crippen LogP contribution in [0.3, 0.4) is 0 Å². The van der Waals surface area contributed by atoms with Gasteiger partial charge in [-0.05, 0) is 37.3 Å². The van der Waals surface area contributed by atoms with E-state index in [-0.39, 0.29) is 0 Å². The van der Waals surface area contributed by atoms with Gasteiger partial charge in [-0.1, -0.05) is 19.9 Å². The molecule has 1 aromatic rings. The monoisotopic (exact) mass is 294 g/mol. The summed E-state index contributed by atoms with van der Waals surface area (Å²) in [6.45, 7) is 5.22. The van der Waals surface area contributed by atoms with Crippen LogP contribution in [0.4, 0.5) is 5.69 Å². The van der Waals surface area contributed by atoms with Gasteiger partial charge in [0.05, 0.1) is 0 Å². The average Bonchev–Trinajstić information content (AvgIpc) is 2.46. The molecule has 0 aliphatic rings. The molecule has 0 bridgehead atoms. The summed E-state index contributed by atoms with van der Waals surface area (Å²) in [5, 5.41) is 2.67. The molecule has 110 valence electrons. The smallest absolute Gasteiger partial charge is 0.313 e. The third-order valence-electron chi connectivity index (χ3n) is 2.80. The first-order valence-electron chi connectivity index (χ1n) is 6.86. The minimum atomic E-state index is -0.565. The number of rotatable bonds is 6. The fraction of sp³-hybridized carbons (Fsp3) is 0.467. The van der Waals surface area contributed by atoms with Crippen LogP contribution in [0.15, 0.2) is 29.2 Å². The van der Waals surface area contributed by atoms with E-state index in [0.717, 1.165) is 17.7 Å². The molecule has 0 radical (unpaired) electrons. The molecule has 0 aromatic heterocycles. The molecule has 2 amide bonds. The largest absolute Gasteiger partial charge is 0.334 e. The molecule has 0 atom stereocenters. The van der Waals surface area contributed by atoms with Gasteiger partial charge in [0.2, 0.25) is 0 Å². The Balaban J connectivity index is 2.70. The second-order valence-corrected chi connectivity index (χ2v) is 5.36. The Hall–Kier alpha value is -1.49. The minimum Gasteiger partial charge on any atom is -0.334 e. The Morgan fingerprint density at radius 2 is 1.85 bits per heavy atom. The van der Waals surface area contributed by atoms with Crippen LogP contribution in [0.2, 0.25) is 0 Å². The number of carbonyl (C=O) groups excluding carboxylic acids is 2. The Morgan fingerprint density at radius 1 is 1.20 bits per heavy atom. The van der Waals surface area contributed by atoms with Crippen LogP contribution in [0.1, 0.15) is 26.7 Å². The Morgan fingerprint density at radius 3 is 2.40 bits per heavy atom. The van der Waals surface area contributed by atoms with Crippen molar-refractivity contribution in [2.75, 3.05) is 24.7 Å². The molecule has 1 N–H and O–H groups in total. The maximum Gasteiger partial charge on any atom is 0.313 e. The molecule has 20 heavy (non-hydrogen) atoms. The van der Waals surface area contributed by atoms with Crippen molar-refractivity contribution in [2.24, 2.45) is 0 Å². The van der Waals surface area contributed by atoms with Crippen LogP contribution in [0, 0.1) is 0 Å². The zero-order valence-electron chi connectivity index (χ0n) is 12.3. The second-order valence-electron chi connectivity index (χ2n) is 4.48. The Bertz CT molecular complexity index is 457. The summed E-state index contributed by atoms with van der Waals surface area (Å²) in [4.78, 5) is 26.7. The summed E-state index contributed by atoms with van der Waals surface area (Å²) < 4.78 is 0. The average molecular weight is 294 g/mol. The third kappa shape index (κ3) is 4.89. The number of hydrogen-bond donors (Lipinski definition) is 1. The summed E-state index contributed by atoms with van der Waals surface area (Å²) in [5.74, 6) is -1.02. The number of nitrogens with zero attached hydrogens (tertiary/aromatic N) is 1. The van der Waals surface area contributed by atoms with Gasteiger partial charge in [-0.2, -0.15) is 0 Å². The molecule has 0 aliphatic carbocycles. The zero-order chi connectivity index (χ0) is 15.0. The molecule has 1 aromatic carbocycles. The van der Waals surface area contributed by atoms with Gasteiger partial charge >= 0.3 is 11.8 Å². The molecule has 1 rings (SSSR count). The molecule has 0 heterocycles. The molecular weight excluding hydrogens is 272 g/mol. The van der Waals surface area contributed by atoms with Crippen LogP contribution < -0.4 is 5.32 Å². The maximum atomic E-state index is 12.1. The van der Waals surface area contributed by atoms with E-state index in [1.54, 1.807) is 22.7 Å². The second kappa shape index (κ2) is 8.64. The highest BCUT2D eigenvalue weighted by Gasteiger charge is 2.20. The van der Waals surface area contributed by atoms with Crippen LogP contribution >= 0.6 is 11.8 Å². The lowest BCUT2D eigenvalue weighted by Crippen LogP contribution is -2.40. The van der Waals surface area contributed by atoms with Gasteiger partial charge in [-0.15, -0.1) is 11.8 Å². The fourth-order valence-electron chi connectivity index (χ4n) is 1.88. The number of benzene rings is 1. The van der Waals surface area contributed by atoms with Gasteiger partial charge in [-0.25, -0.2) is 0 Å². The van der Waals surface area contributed by atoms with Crippen molar-refractivity contribution in [3.8, 4) is 0 Å². The Labute approximate surface area is 124 Å². The van der Waals surface area contributed by atoms with Crippen LogP contribution in [-0.2, 0) is 9.59 Å². The van der Waals surface area contributed by atoms with Crippen molar-refractivity contribution in [3.63, 3.8) is 0 Å². The molecule has 0 aliphatic heterocycles. The minimum absolute atomic E-state index is 0.455. The third-order valence-corrected chi connectivity index (χ3v) is 3.52. The van der Waals surface area contributed by atoms with Crippen molar-refractivity contribution in [2.45, 2.75) is 31.6 Å². The van der Waals surface area contributed by atoms with E-state index in [9.17, 15) is 9.59 Å². The highest BCUT2D eigenvalue weighted by Crippen LogP contribution is 2.18. The van der Waals surface area contributed by atoms with E-state index >= 15 is 0 Å². The molecule has 0 unspecified atom stereocenters. The normalized spacial score (nSPS) is 10.2. The van der Waals surface area contributed by atoms with Crippen molar-refractivity contribution in [3.05, 3.63) is 24.3 Å². The summed E-state index contributed by atoms with van der Waals surface area (Å²) >= 11 is 1.59. The molecular formula is C15H22N2O2S. The predicted octanol–water partition coefficient (Wildman–Crippen LogP) is 3.00. The number of nitrogens with one attached hydrogen (secondary N) is 1. The van der Waals surface area contributed by atoms with E-state index in [0.29, 0.717) is 18.8 Å². The summed E-state index contributed by atoms with van der Waals surface area (Å²) in [5.41, 5.74) is 0.656. The first-order chi connectivity index (χ1) is 9.62. The lowest BCUT2D eigenvalue weighted by molar-refractivity contribution is -0.143. The molecule has 0 fully saturated rings. The van der Waals surface area contributed by atoms with Gasteiger partial charge in [0.15, 0.2) is 0 Å². The highest BCUT2D eigenvalue weighted by atomic mass is 32.2. The quantitative estimate of drug-likeness (QED) is 0.648. The fourth-order valence-corrected chi connectivity index (χ4v) is 2.34. The SMILES string of the molecule is CCCN(CCC)C(=O)C(=O)Nc1cccc(SC)c1. The summed E-state index contributed by atoms with van der Waals surface area (Å²) in [6.07, 6.45) is 3.66. The van der Waals surface area contributed by atoms with Gasteiger partial charge in [-0.3, -0.25) is 9.59 Å². The Kier molecular flexibility index (Phi) is 7.15. The van der Waals surface area contributed by atoms with Crippen LogP contribution in [-0.4, -0.2) is 36.1 Å². The predicted molar refractivity (Wildman–Crippen MR) is 84.0 cm³/mol. The number of carbonyl (C=O) groups is 2. The number of anilines is 1. The van der Waals surface area contributed by atoms with Gasteiger partial charge in [0.25, 0.3) is 0 Å². The molecule has 0 spiro atoms. The van der Waals surface area contributed by atoms with Gasteiger partial charge in [0.1, 0.15) is 0 Å². The van der Waals surface area contributed by atoms with E-state index in [2.05, 4.69) is 5.32 Å². The summed E-state index contributed by atoms with van der Waals surface area (Å²) in [6, 6.07) is 7.47. The number of amides is 2. The van der Waals surface area contributed by atoms with Crippen LogP contribution in [0.25, 0.3) is 0 Å². The molecule has 4 nitrogen and oxygen atoms in total. The van der Waals surface area contributed by atoms with Crippen molar-refractivity contribution >= 4 is 29.3 Å².